The van der Waals surface area contributed by atoms with Gasteiger partial charge in [0.1, 0.15) is 0 Å². The fourth-order valence-electron chi connectivity index (χ4n) is 1.97. The number of pyridine rings is 1. The summed E-state index contributed by atoms with van der Waals surface area (Å²) in [6, 6.07) is 7.03. The van der Waals surface area contributed by atoms with E-state index in [-0.39, 0.29) is 4.47 Å². The maximum absolute atomic E-state index is 13.0. The molecule has 0 fully saturated rings. The molecule has 0 aliphatic heterocycles. The minimum atomic E-state index is -4.43. The largest absolute Gasteiger partial charge is 0.417 e. The molecule has 0 spiro atoms. The van der Waals surface area contributed by atoms with Gasteiger partial charge in [0.05, 0.1) is 11.6 Å². The second kappa shape index (κ2) is 6.13. The number of hydrogen-bond donors (Lipinski definition) is 2. The highest BCUT2D eigenvalue weighted by Crippen LogP contribution is 2.37. The summed E-state index contributed by atoms with van der Waals surface area (Å²) in [5, 5.41) is 0. The van der Waals surface area contributed by atoms with Gasteiger partial charge in [0.2, 0.25) is 0 Å². The summed E-state index contributed by atoms with van der Waals surface area (Å²) in [7, 11) is 0. The lowest BCUT2D eigenvalue weighted by Gasteiger charge is -2.19. The van der Waals surface area contributed by atoms with Crippen LogP contribution in [0.25, 0.3) is 0 Å². The average molecular weight is 360 g/mol. The normalized spacial score (nSPS) is 13.2. The monoisotopic (exact) mass is 359 g/mol. The van der Waals surface area contributed by atoms with E-state index >= 15 is 0 Å². The summed E-state index contributed by atoms with van der Waals surface area (Å²) in [5.74, 6) is 5.50. The summed E-state index contributed by atoms with van der Waals surface area (Å²) < 4.78 is 38.9. The molecule has 112 valence electrons. The summed E-state index contributed by atoms with van der Waals surface area (Å²) in [4.78, 5) is 4.14. The van der Waals surface area contributed by atoms with Crippen molar-refractivity contribution in [1.82, 2.24) is 10.4 Å². The molecule has 0 bridgehead atoms. The topological polar surface area (TPSA) is 50.9 Å². The van der Waals surface area contributed by atoms with Crippen molar-refractivity contribution in [2.24, 2.45) is 5.84 Å². The van der Waals surface area contributed by atoms with Gasteiger partial charge in [-0.2, -0.15) is 13.2 Å². The molecule has 1 aromatic carbocycles. The van der Waals surface area contributed by atoms with Crippen LogP contribution >= 0.6 is 15.9 Å². The lowest BCUT2D eigenvalue weighted by atomic mass is 9.98. The van der Waals surface area contributed by atoms with E-state index < -0.39 is 17.8 Å². The van der Waals surface area contributed by atoms with E-state index in [2.05, 4.69) is 26.3 Å². The van der Waals surface area contributed by atoms with E-state index in [1.807, 2.05) is 6.92 Å². The highest BCUT2D eigenvalue weighted by Gasteiger charge is 2.33. The van der Waals surface area contributed by atoms with Crippen LogP contribution in [0.5, 0.6) is 0 Å². The van der Waals surface area contributed by atoms with Gasteiger partial charge in [-0.05, 0) is 36.2 Å². The van der Waals surface area contributed by atoms with Crippen molar-refractivity contribution in [1.29, 1.82) is 0 Å². The van der Waals surface area contributed by atoms with E-state index in [1.165, 1.54) is 6.07 Å². The third kappa shape index (κ3) is 3.61. The first kappa shape index (κ1) is 15.9. The van der Waals surface area contributed by atoms with Gasteiger partial charge in [0, 0.05) is 16.4 Å². The van der Waals surface area contributed by atoms with E-state index in [0.717, 1.165) is 11.8 Å². The number of hydrogen-bond acceptors (Lipinski definition) is 3. The quantitative estimate of drug-likeness (QED) is 0.648. The van der Waals surface area contributed by atoms with Gasteiger partial charge in [-0.3, -0.25) is 10.8 Å². The van der Waals surface area contributed by atoms with E-state index in [0.29, 0.717) is 11.1 Å². The van der Waals surface area contributed by atoms with Crippen molar-refractivity contribution in [3.8, 4) is 0 Å². The van der Waals surface area contributed by atoms with Crippen LogP contribution in [0.15, 0.2) is 41.0 Å². The molecule has 1 atom stereocenters. The first-order valence-corrected chi connectivity index (χ1v) is 6.87. The van der Waals surface area contributed by atoms with Gasteiger partial charge < -0.3 is 0 Å². The minimum Gasteiger partial charge on any atom is -0.271 e. The van der Waals surface area contributed by atoms with Crippen molar-refractivity contribution in [2.45, 2.75) is 19.1 Å². The van der Waals surface area contributed by atoms with Crippen molar-refractivity contribution < 1.29 is 13.2 Å². The van der Waals surface area contributed by atoms with Crippen LogP contribution in [-0.4, -0.2) is 4.98 Å². The lowest BCUT2D eigenvalue weighted by molar-refractivity contribution is -0.138. The number of nitrogens with one attached hydrogen (secondary N) is 1. The van der Waals surface area contributed by atoms with Gasteiger partial charge in [-0.25, -0.2) is 5.43 Å². The predicted octanol–water partition coefficient (Wildman–Crippen LogP) is 3.72. The molecule has 1 aromatic heterocycles. The molecule has 0 aliphatic rings. The number of hydrazine groups is 1. The highest BCUT2D eigenvalue weighted by molar-refractivity contribution is 9.10. The fourth-order valence-corrected chi connectivity index (χ4v) is 2.45. The molecule has 1 heterocycles. The second-order valence-corrected chi connectivity index (χ2v) is 5.42. The molecule has 0 aliphatic carbocycles. The van der Waals surface area contributed by atoms with Gasteiger partial charge in [0.25, 0.3) is 0 Å². The molecule has 0 saturated heterocycles. The molecule has 7 heteroatoms. The Kier molecular flexibility index (Phi) is 4.65. The molecule has 2 rings (SSSR count). The number of nitrogens with two attached hydrogens (primary N) is 1. The predicted molar refractivity (Wildman–Crippen MR) is 77.3 cm³/mol. The fraction of sp³-hybridized carbons (Fsp3) is 0.214. The van der Waals surface area contributed by atoms with Crippen LogP contribution in [0.4, 0.5) is 13.2 Å². The smallest absolute Gasteiger partial charge is 0.271 e. The molecule has 3 nitrogen and oxygen atoms in total. The van der Waals surface area contributed by atoms with Gasteiger partial charge >= 0.3 is 6.18 Å². The Morgan fingerprint density at radius 3 is 2.38 bits per heavy atom. The number of aromatic nitrogens is 1. The van der Waals surface area contributed by atoms with Crippen LogP contribution < -0.4 is 11.3 Å². The van der Waals surface area contributed by atoms with E-state index in [1.54, 1.807) is 24.4 Å². The summed E-state index contributed by atoms with van der Waals surface area (Å²) in [6.07, 6.45) is -2.84. The van der Waals surface area contributed by atoms with Gasteiger partial charge in [-0.1, -0.05) is 28.1 Å². The highest BCUT2D eigenvalue weighted by atomic mass is 79.9. The first-order valence-electron chi connectivity index (χ1n) is 6.08. The Hall–Kier alpha value is -1.44. The molecular weight excluding hydrogens is 347 g/mol. The Balaban J connectivity index is 2.46. The molecular formula is C14H13BrF3N3. The lowest BCUT2D eigenvalue weighted by Crippen LogP contribution is -2.29. The maximum atomic E-state index is 13.0. The number of halogens is 4. The summed E-state index contributed by atoms with van der Waals surface area (Å²) >= 11 is 2.92. The van der Waals surface area contributed by atoms with Crippen LogP contribution in [0, 0.1) is 6.92 Å². The zero-order valence-corrected chi connectivity index (χ0v) is 12.7. The summed E-state index contributed by atoms with van der Waals surface area (Å²) in [5.41, 5.74) is 3.72. The average Bonchev–Trinajstić information content (AvgIpc) is 2.42. The molecule has 2 aromatic rings. The van der Waals surface area contributed by atoms with Crippen molar-refractivity contribution in [2.75, 3.05) is 0 Å². The number of aryl methyl sites for hydroxylation is 1. The van der Waals surface area contributed by atoms with Crippen molar-refractivity contribution in [3.63, 3.8) is 0 Å². The second-order valence-electron chi connectivity index (χ2n) is 4.57. The van der Waals surface area contributed by atoms with Gasteiger partial charge in [0.15, 0.2) is 0 Å². The maximum Gasteiger partial charge on any atom is 0.417 e. The molecule has 0 saturated carbocycles. The van der Waals surface area contributed by atoms with Crippen molar-refractivity contribution >= 4 is 15.9 Å². The van der Waals surface area contributed by atoms with Crippen LogP contribution in [0.3, 0.4) is 0 Å². The third-order valence-corrected chi connectivity index (χ3v) is 3.75. The molecule has 1 unspecified atom stereocenters. The Labute approximate surface area is 128 Å². The zero-order chi connectivity index (χ0) is 15.6. The number of benzene rings is 1. The molecule has 0 amide bonds. The third-order valence-electron chi connectivity index (χ3n) is 3.06. The van der Waals surface area contributed by atoms with Crippen LogP contribution in [-0.2, 0) is 6.18 Å². The van der Waals surface area contributed by atoms with E-state index in [4.69, 9.17) is 5.84 Å². The number of nitrogens with zero attached hydrogens (tertiary/aromatic N) is 1. The Morgan fingerprint density at radius 2 is 1.86 bits per heavy atom. The first-order chi connectivity index (χ1) is 9.82. The summed E-state index contributed by atoms with van der Waals surface area (Å²) in [6.45, 7) is 1.83. The molecule has 0 radical (unpaired) electrons. The number of alkyl halides is 3. The Morgan fingerprint density at radius 1 is 1.19 bits per heavy atom. The van der Waals surface area contributed by atoms with Gasteiger partial charge in [-0.15, -0.1) is 0 Å². The standard InChI is InChI=1S/C14H13BrF3N3/c1-8-2-3-10(7-20-8)13(21-19)9-4-5-12(15)11(6-9)14(16,17)18/h2-7,13,21H,19H2,1H3. The molecule has 3 N–H and O–H groups in total. The number of rotatable bonds is 3. The SMILES string of the molecule is Cc1ccc(C(NN)c2ccc(Br)c(C(F)(F)F)c2)cn1. The van der Waals surface area contributed by atoms with E-state index in [9.17, 15) is 13.2 Å². The van der Waals surface area contributed by atoms with Crippen molar-refractivity contribution in [3.05, 3.63) is 63.4 Å². The van der Waals surface area contributed by atoms with Crippen LogP contribution in [0.1, 0.15) is 28.4 Å². The minimum absolute atomic E-state index is 0.00319. The Bertz CT molecular complexity index is 626. The zero-order valence-electron chi connectivity index (χ0n) is 11.1. The van der Waals surface area contributed by atoms with Crippen LogP contribution in [0.2, 0.25) is 0 Å². The molecule has 21 heavy (non-hydrogen) atoms.